The Bertz CT molecular complexity index is 1240. The molecule has 0 spiro atoms. The Hall–Kier alpha value is -3.27. The lowest BCUT2D eigenvalue weighted by atomic mass is 10.0. The van der Waals surface area contributed by atoms with E-state index < -0.39 is 11.1 Å². The number of ether oxygens (including phenoxy) is 3. The number of carbonyl (C=O) groups excluding carboxylic acids is 3. The molecular weight excluding hydrogens is 528 g/mol. The van der Waals surface area contributed by atoms with Gasteiger partial charge in [-0.15, -0.1) is 6.58 Å². The molecule has 200 valence electrons. The van der Waals surface area contributed by atoms with Crippen molar-refractivity contribution in [2.75, 3.05) is 39.5 Å². The third-order valence-corrected chi connectivity index (χ3v) is 7.10. The first-order chi connectivity index (χ1) is 18.4. The van der Waals surface area contributed by atoms with Crippen LogP contribution in [0.2, 0.25) is 5.02 Å². The van der Waals surface area contributed by atoms with Crippen LogP contribution in [0.25, 0.3) is 6.08 Å². The van der Waals surface area contributed by atoms with Crippen LogP contribution in [0, 0.1) is 0 Å². The molecule has 0 saturated carbocycles. The summed E-state index contributed by atoms with van der Waals surface area (Å²) in [6.07, 6.45) is 3.91. The minimum absolute atomic E-state index is 0.242. The van der Waals surface area contributed by atoms with E-state index in [2.05, 4.69) is 6.58 Å². The quantitative estimate of drug-likeness (QED) is 0.302. The molecule has 2 fully saturated rings. The summed E-state index contributed by atoms with van der Waals surface area (Å²) < 4.78 is 17.3. The highest BCUT2D eigenvalue weighted by Gasteiger charge is 2.37. The fourth-order valence-corrected chi connectivity index (χ4v) is 5.04. The van der Waals surface area contributed by atoms with Gasteiger partial charge in [0.05, 0.1) is 24.7 Å². The molecule has 4 rings (SSSR count). The maximum atomic E-state index is 13.0. The number of amides is 3. The van der Waals surface area contributed by atoms with Gasteiger partial charge in [0.15, 0.2) is 11.5 Å². The number of imide groups is 1. The van der Waals surface area contributed by atoms with Gasteiger partial charge in [-0.25, -0.2) is 0 Å². The summed E-state index contributed by atoms with van der Waals surface area (Å²) in [6, 6.07) is 11.1. The van der Waals surface area contributed by atoms with Crippen molar-refractivity contribution in [1.29, 1.82) is 0 Å². The highest BCUT2D eigenvalue weighted by atomic mass is 35.5. The molecule has 3 amide bonds. The number of thioether (sulfide) groups is 1. The molecule has 2 aromatic rings. The zero-order valence-electron chi connectivity index (χ0n) is 21.1. The van der Waals surface area contributed by atoms with Gasteiger partial charge in [-0.3, -0.25) is 19.3 Å². The van der Waals surface area contributed by atoms with E-state index in [4.69, 9.17) is 25.8 Å². The van der Waals surface area contributed by atoms with Crippen LogP contribution in [0.15, 0.2) is 54.0 Å². The second-order valence-corrected chi connectivity index (χ2v) is 10.0. The van der Waals surface area contributed by atoms with Crippen molar-refractivity contribution < 1.29 is 28.6 Å². The van der Waals surface area contributed by atoms with Gasteiger partial charge < -0.3 is 19.1 Å². The van der Waals surface area contributed by atoms with Crippen molar-refractivity contribution in [2.45, 2.75) is 20.0 Å². The lowest BCUT2D eigenvalue weighted by Gasteiger charge is -2.28. The Morgan fingerprint density at radius 3 is 2.58 bits per heavy atom. The highest BCUT2D eigenvalue weighted by molar-refractivity contribution is 8.18. The molecule has 2 aromatic carbocycles. The normalized spacial score (nSPS) is 16.7. The highest BCUT2D eigenvalue weighted by Crippen LogP contribution is 2.38. The molecule has 2 aliphatic rings. The first-order valence-corrected chi connectivity index (χ1v) is 13.5. The number of hydrogen-bond acceptors (Lipinski definition) is 7. The Morgan fingerprint density at radius 2 is 1.89 bits per heavy atom. The van der Waals surface area contributed by atoms with Gasteiger partial charge in [0.25, 0.3) is 11.1 Å². The maximum absolute atomic E-state index is 13.0. The molecule has 0 radical (unpaired) electrons. The molecule has 0 atom stereocenters. The summed E-state index contributed by atoms with van der Waals surface area (Å²) in [7, 11) is 0. The summed E-state index contributed by atoms with van der Waals surface area (Å²) in [4.78, 5) is 41.1. The molecule has 38 heavy (non-hydrogen) atoms. The van der Waals surface area contributed by atoms with Gasteiger partial charge in [-0.2, -0.15) is 0 Å². The number of rotatable bonds is 10. The van der Waals surface area contributed by atoms with Crippen LogP contribution in [0.4, 0.5) is 4.79 Å². The second kappa shape index (κ2) is 13.0. The molecular formula is C28H29ClN2O6S. The summed E-state index contributed by atoms with van der Waals surface area (Å²) in [6.45, 7) is 7.96. The average molecular weight is 557 g/mol. The zero-order chi connectivity index (χ0) is 27.1. The van der Waals surface area contributed by atoms with Crippen molar-refractivity contribution >= 4 is 46.5 Å². The number of carbonyl (C=O) groups is 3. The zero-order valence-corrected chi connectivity index (χ0v) is 22.7. The summed E-state index contributed by atoms with van der Waals surface area (Å²) >= 11 is 6.80. The molecule has 0 N–H and O–H groups in total. The molecule has 0 unspecified atom stereocenters. The lowest BCUT2D eigenvalue weighted by Crippen LogP contribution is -2.46. The predicted molar refractivity (Wildman–Crippen MR) is 147 cm³/mol. The van der Waals surface area contributed by atoms with Gasteiger partial charge in [-0.1, -0.05) is 29.8 Å². The van der Waals surface area contributed by atoms with E-state index in [9.17, 15) is 14.4 Å². The van der Waals surface area contributed by atoms with Crippen LogP contribution in [-0.4, -0.2) is 66.3 Å². The van der Waals surface area contributed by atoms with Crippen LogP contribution in [0.5, 0.6) is 11.5 Å². The number of benzene rings is 2. The molecule has 8 nitrogen and oxygen atoms in total. The third kappa shape index (κ3) is 6.78. The minimum atomic E-state index is -0.493. The largest absolute Gasteiger partial charge is 0.490 e. The monoisotopic (exact) mass is 556 g/mol. The first kappa shape index (κ1) is 27.8. The third-order valence-electron chi connectivity index (χ3n) is 5.94. The van der Waals surface area contributed by atoms with Gasteiger partial charge >= 0.3 is 0 Å². The smallest absolute Gasteiger partial charge is 0.294 e. The van der Waals surface area contributed by atoms with Gasteiger partial charge in [0.2, 0.25) is 5.91 Å². The van der Waals surface area contributed by atoms with E-state index in [1.165, 1.54) is 0 Å². The van der Waals surface area contributed by atoms with Crippen LogP contribution in [0.3, 0.4) is 0 Å². The van der Waals surface area contributed by atoms with E-state index >= 15 is 0 Å². The number of halogens is 1. The minimum Gasteiger partial charge on any atom is -0.490 e. The van der Waals surface area contributed by atoms with E-state index in [1.54, 1.807) is 35.3 Å². The average Bonchev–Trinajstić information content (AvgIpc) is 3.17. The SMILES string of the molecule is C=CCc1cc(/C=C2/SC(=O)N(CC(=O)N3CCOCC3)C2=O)cc(OCC)c1OCc1ccc(Cl)cc1. The number of morpholine rings is 1. The van der Waals surface area contributed by atoms with Gasteiger partial charge in [-0.05, 0) is 66.6 Å². The van der Waals surface area contributed by atoms with Crippen molar-refractivity contribution in [2.24, 2.45) is 0 Å². The topological polar surface area (TPSA) is 85.4 Å². The lowest BCUT2D eigenvalue weighted by molar-refractivity contribution is -0.139. The fraction of sp³-hybridized carbons (Fsp3) is 0.321. The molecule has 0 aromatic heterocycles. The molecule has 2 heterocycles. The van der Waals surface area contributed by atoms with E-state index in [1.807, 2.05) is 25.1 Å². The molecule has 0 bridgehead atoms. The van der Waals surface area contributed by atoms with Crippen molar-refractivity contribution in [3.05, 3.63) is 75.7 Å². The van der Waals surface area contributed by atoms with Crippen molar-refractivity contribution in [1.82, 2.24) is 9.80 Å². The van der Waals surface area contributed by atoms with Gasteiger partial charge in [0.1, 0.15) is 13.2 Å². The first-order valence-electron chi connectivity index (χ1n) is 12.3. The predicted octanol–water partition coefficient (Wildman–Crippen LogP) is 4.94. The summed E-state index contributed by atoms with van der Waals surface area (Å²) in [5.74, 6) is 0.343. The number of nitrogens with zero attached hydrogens (tertiary/aromatic N) is 2. The molecule has 0 aliphatic carbocycles. The standard InChI is InChI=1S/C28H29ClN2O6S/c1-3-5-21-14-20(15-23(36-4-2)26(21)37-18-19-6-8-22(29)9-7-19)16-24-27(33)31(28(34)38-24)17-25(32)30-10-12-35-13-11-30/h3,6-9,14-16H,1,4-5,10-13,17-18H2,2H3/b24-16+. The Kier molecular flexibility index (Phi) is 9.49. The van der Waals surface area contributed by atoms with Crippen LogP contribution < -0.4 is 9.47 Å². The fourth-order valence-electron chi connectivity index (χ4n) is 4.07. The van der Waals surface area contributed by atoms with E-state index in [0.717, 1.165) is 27.8 Å². The molecule has 10 heteroatoms. The van der Waals surface area contributed by atoms with Crippen LogP contribution >= 0.6 is 23.4 Å². The van der Waals surface area contributed by atoms with Gasteiger partial charge in [0, 0.05) is 23.7 Å². The maximum Gasteiger partial charge on any atom is 0.294 e. The van der Waals surface area contributed by atoms with Crippen LogP contribution in [-0.2, 0) is 27.4 Å². The number of allylic oxidation sites excluding steroid dienone is 1. The van der Waals surface area contributed by atoms with Crippen LogP contribution in [0.1, 0.15) is 23.6 Å². The Morgan fingerprint density at radius 1 is 1.16 bits per heavy atom. The van der Waals surface area contributed by atoms with E-state index in [-0.39, 0.29) is 17.4 Å². The molecule has 2 saturated heterocycles. The summed E-state index contributed by atoms with van der Waals surface area (Å²) in [5.41, 5.74) is 2.45. The Balaban J connectivity index is 1.56. The van der Waals surface area contributed by atoms with Crippen molar-refractivity contribution in [3.63, 3.8) is 0 Å². The second-order valence-electron chi connectivity index (χ2n) is 8.61. The Labute approximate surface area is 231 Å². The van der Waals surface area contributed by atoms with E-state index in [0.29, 0.717) is 68.0 Å². The number of hydrogen-bond donors (Lipinski definition) is 0. The molecule has 2 aliphatic heterocycles. The summed E-state index contributed by atoms with van der Waals surface area (Å²) in [5, 5.41) is 0.178. The van der Waals surface area contributed by atoms with Crippen molar-refractivity contribution in [3.8, 4) is 11.5 Å².